The standard InChI is InChI=1S/C13H18O7/c1-3-5-6-13(11(15)16,20-10(14)4-2)12(17)19-8-9-7-18-9/h4,9H,2-3,5-8H2,1H3,(H,15,16). The van der Waals surface area contributed by atoms with Gasteiger partial charge in [0, 0.05) is 12.5 Å². The summed E-state index contributed by atoms with van der Waals surface area (Å²) >= 11 is 0. The maximum absolute atomic E-state index is 12.0. The highest BCUT2D eigenvalue weighted by Gasteiger charge is 2.51. The minimum absolute atomic E-state index is 0.0500. The molecule has 1 aliphatic heterocycles. The Labute approximate surface area is 116 Å². The van der Waals surface area contributed by atoms with Crippen molar-refractivity contribution < 1.29 is 33.7 Å². The molecule has 1 heterocycles. The smallest absolute Gasteiger partial charge is 0.362 e. The average molecular weight is 286 g/mol. The van der Waals surface area contributed by atoms with Crippen molar-refractivity contribution >= 4 is 17.9 Å². The van der Waals surface area contributed by atoms with Crippen LogP contribution in [0.25, 0.3) is 0 Å². The summed E-state index contributed by atoms with van der Waals surface area (Å²) in [5.41, 5.74) is -2.32. The normalized spacial score (nSPS) is 19.6. The molecule has 0 spiro atoms. The number of aliphatic carboxylic acids is 1. The molecule has 0 aromatic heterocycles. The Morgan fingerprint density at radius 2 is 2.15 bits per heavy atom. The molecule has 0 aromatic rings. The first kappa shape index (κ1) is 16.2. The second-order valence-electron chi connectivity index (χ2n) is 4.41. The lowest BCUT2D eigenvalue weighted by Gasteiger charge is -2.26. The number of epoxide rings is 1. The van der Waals surface area contributed by atoms with Crippen LogP contribution < -0.4 is 0 Å². The average Bonchev–Trinajstić information content (AvgIpc) is 3.24. The van der Waals surface area contributed by atoms with E-state index >= 15 is 0 Å². The number of carboxylic acid groups (broad SMARTS) is 1. The summed E-state index contributed by atoms with van der Waals surface area (Å²) < 4.78 is 14.5. The van der Waals surface area contributed by atoms with Crippen molar-refractivity contribution in [2.24, 2.45) is 0 Å². The molecule has 0 aromatic carbocycles. The monoisotopic (exact) mass is 286 g/mol. The van der Waals surface area contributed by atoms with Gasteiger partial charge >= 0.3 is 23.5 Å². The molecule has 2 unspecified atom stereocenters. The van der Waals surface area contributed by atoms with Gasteiger partial charge in [-0.05, 0) is 6.42 Å². The van der Waals surface area contributed by atoms with E-state index in [9.17, 15) is 19.5 Å². The number of carbonyl (C=O) groups is 3. The van der Waals surface area contributed by atoms with Crippen LogP contribution in [0.3, 0.4) is 0 Å². The van der Waals surface area contributed by atoms with Crippen LogP contribution in [0.4, 0.5) is 0 Å². The van der Waals surface area contributed by atoms with Crippen LogP contribution in [0.1, 0.15) is 26.2 Å². The molecule has 0 saturated carbocycles. The molecule has 112 valence electrons. The first-order valence-corrected chi connectivity index (χ1v) is 6.34. The summed E-state index contributed by atoms with van der Waals surface area (Å²) in [6.07, 6.45) is 1.49. The fourth-order valence-corrected chi connectivity index (χ4v) is 1.52. The number of esters is 2. The zero-order valence-electron chi connectivity index (χ0n) is 11.3. The van der Waals surface area contributed by atoms with E-state index in [2.05, 4.69) is 6.58 Å². The van der Waals surface area contributed by atoms with E-state index in [1.807, 2.05) is 6.92 Å². The fourth-order valence-electron chi connectivity index (χ4n) is 1.52. The Balaban J connectivity index is 2.86. The first-order chi connectivity index (χ1) is 9.46. The van der Waals surface area contributed by atoms with Crippen LogP contribution in [0.5, 0.6) is 0 Å². The largest absolute Gasteiger partial charge is 0.478 e. The van der Waals surface area contributed by atoms with E-state index in [1.54, 1.807) is 0 Å². The highest BCUT2D eigenvalue weighted by atomic mass is 16.6. The number of hydrogen-bond acceptors (Lipinski definition) is 6. The lowest BCUT2D eigenvalue weighted by molar-refractivity contribution is -0.193. The second-order valence-corrected chi connectivity index (χ2v) is 4.41. The van der Waals surface area contributed by atoms with Gasteiger partial charge in [-0.1, -0.05) is 19.9 Å². The molecule has 1 fully saturated rings. The minimum atomic E-state index is -2.32. The van der Waals surface area contributed by atoms with E-state index in [1.165, 1.54) is 0 Å². The van der Waals surface area contributed by atoms with Gasteiger partial charge in [0.2, 0.25) is 0 Å². The molecule has 1 saturated heterocycles. The van der Waals surface area contributed by atoms with Gasteiger partial charge in [0.05, 0.1) is 6.61 Å². The summed E-state index contributed by atoms with van der Waals surface area (Å²) in [5, 5.41) is 9.30. The number of carbonyl (C=O) groups excluding carboxylic acids is 2. The first-order valence-electron chi connectivity index (χ1n) is 6.34. The van der Waals surface area contributed by atoms with Crippen LogP contribution >= 0.6 is 0 Å². The lowest BCUT2D eigenvalue weighted by atomic mass is 9.96. The molecule has 0 aliphatic carbocycles. The number of ether oxygens (including phenoxy) is 3. The molecule has 0 amide bonds. The molecule has 7 heteroatoms. The molecule has 0 bridgehead atoms. The van der Waals surface area contributed by atoms with Crippen molar-refractivity contribution in [3.05, 3.63) is 12.7 Å². The van der Waals surface area contributed by atoms with Crippen LogP contribution in [0, 0.1) is 0 Å². The van der Waals surface area contributed by atoms with E-state index < -0.39 is 23.5 Å². The number of unbranched alkanes of at least 4 members (excludes halogenated alkanes) is 1. The highest BCUT2D eigenvalue weighted by Crippen LogP contribution is 2.24. The molecule has 20 heavy (non-hydrogen) atoms. The lowest BCUT2D eigenvalue weighted by Crippen LogP contribution is -2.51. The van der Waals surface area contributed by atoms with E-state index in [0.29, 0.717) is 19.4 Å². The zero-order valence-corrected chi connectivity index (χ0v) is 11.3. The molecule has 1 rings (SSSR count). The van der Waals surface area contributed by atoms with Crippen molar-refractivity contribution in [3.63, 3.8) is 0 Å². The molecule has 1 aliphatic rings. The second kappa shape index (κ2) is 7.04. The summed E-state index contributed by atoms with van der Waals surface area (Å²) in [5.74, 6) is -3.63. The molecule has 0 radical (unpaired) electrons. The van der Waals surface area contributed by atoms with Crippen molar-refractivity contribution in [1.29, 1.82) is 0 Å². The van der Waals surface area contributed by atoms with Crippen LogP contribution in [0.15, 0.2) is 12.7 Å². The van der Waals surface area contributed by atoms with Crippen molar-refractivity contribution in [2.75, 3.05) is 13.2 Å². The van der Waals surface area contributed by atoms with E-state index in [4.69, 9.17) is 14.2 Å². The Morgan fingerprint density at radius 3 is 2.60 bits per heavy atom. The Bertz CT molecular complexity index is 400. The predicted molar refractivity (Wildman–Crippen MR) is 66.9 cm³/mol. The van der Waals surface area contributed by atoms with Gasteiger partial charge in [-0.25, -0.2) is 14.4 Å². The minimum Gasteiger partial charge on any atom is -0.478 e. The van der Waals surface area contributed by atoms with Crippen LogP contribution in [-0.2, 0) is 28.6 Å². The van der Waals surface area contributed by atoms with E-state index in [-0.39, 0.29) is 19.1 Å². The highest BCUT2D eigenvalue weighted by molar-refractivity contribution is 6.05. The molecule has 1 N–H and O–H groups in total. The summed E-state index contributed by atoms with van der Waals surface area (Å²) in [6.45, 7) is 5.43. The van der Waals surface area contributed by atoms with Gasteiger partial charge in [0.1, 0.15) is 12.7 Å². The third kappa shape index (κ3) is 4.06. The molecule has 7 nitrogen and oxygen atoms in total. The molecular weight excluding hydrogens is 268 g/mol. The van der Waals surface area contributed by atoms with Crippen LogP contribution in [-0.4, -0.2) is 47.9 Å². The molecule has 2 atom stereocenters. The van der Waals surface area contributed by atoms with Crippen molar-refractivity contribution in [2.45, 2.75) is 37.9 Å². The van der Waals surface area contributed by atoms with E-state index in [0.717, 1.165) is 6.08 Å². The maximum Gasteiger partial charge on any atom is 0.362 e. The topological polar surface area (TPSA) is 102 Å². The van der Waals surface area contributed by atoms with Crippen molar-refractivity contribution in [3.8, 4) is 0 Å². The van der Waals surface area contributed by atoms with Gasteiger partial charge in [0.25, 0.3) is 0 Å². The Hall–Kier alpha value is -1.89. The Morgan fingerprint density at radius 1 is 1.50 bits per heavy atom. The number of rotatable bonds is 9. The number of hydrogen-bond donors (Lipinski definition) is 1. The SMILES string of the molecule is C=CC(=O)OC(CCCC)(C(=O)O)C(=O)OCC1CO1. The Kier molecular flexibility index (Phi) is 5.69. The van der Waals surface area contributed by atoms with Crippen molar-refractivity contribution in [1.82, 2.24) is 0 Å². The van der Waals surface area contributed by atoms with Gasteiger partial charge in [-0.3, -0.25) is 0 Å². The van der Waals surface area contributed by atoms with Gasteiger partial charge in [0.15, 0.2) is 0 Å². The van der Waals surface area contributed by atoms with Gasteiger partial charge in [-0.2, -0.15) is 0 Å². The fraction of sp³-hybridized carbons (Fsp3) is 0.615. The predicted octanol–water partition coefficient (Wildman–Crippen LogP) is 0.671. The summed E-state index contributed by atoms with van der Waals surface area (Å²) in [7, 11) is 0. The van der Waals surface area contributed by atoms with Crippen LogP contribution in [0.2, 0.25) is 0 Å². The zero-order chi connectivity index (χ0) is 15.2. The van der Waals surface area contributed by atoms with Gasteiger partial charge < -0.3 is 19.3 Å². The van der Waals surface area contributed by atoms with Gasteiger partial charge in [-0.15, -0.1) is 0 Å². The molecular formula is C13H18O7. The third-order valence-electron chi connectivity index (χ3n) is 2.80. The number of carboxylic acids is 1. The summed E-state index contributed by atoms with van der Waals surface area (Å²) in [4.78, 5) is 34.8. The third-order valence-corrected chi connectivity index (χ3v) is 2.80. The maximum atomic E-state index is 12.0. The quantitative estimate of drug-likeness (QED) is 0.287. The summed E-state index contributed by atoms with van der Waals surface area (Å²) in [6, 6.07) is 0.